The summed E-state index contributed by atoms with van der Waals surface area (Å²) >= 11 is 0. The van der Waals surface area contributed by atoms with Gasteiger partial charge in [-0.25, -0.2) is 4.98 Å². The number of aromatic nitrogens is 2. The molecule has 2 N–H and O–H groups in total. The number of piperazine rings is 1. The molecule has 1 aliphatic heterocycles. The standard InChI is InChI=1S/C19H24N6O2/c1-13-12-18(22-17-6-4-16(5-7-17)21-14(2)26)23-19(20-13)25-10-8-24(9-11-25)15(3)27/h4-7,12H,8-11H2,1-3H3,(H,21,26)(H,20,22,23). The van der Waals surface area contributed by atoms with Crippen molar-refractivity contribution in [1.29, 1.82) is 0 Å². The highest BCUT2D eigenvalue weighted by molar-refractivity contribution is 5.88. The number of hydrogen-bond donors (Lipinski definition) is 2. The normalized spacial score (nSPS) is 14.0. The van der Waals surface area contributed by atoms with Gasteiger partial charge in [-0.1, -0.05) is 0 Å². The van der Waals surface area contributed by atoms with E-state index in [1.54, 1.807) is 6.92 Å². The highest BCUT2D eigenvalue weighted by atomic mass is 16.2. The molecule has 0 radical (unpaired) electrons. The number of aryl methyl sites for hydroxylation is 1. The number of carbonyl (C=O) groups excluding carboxylic acids is 2. The van der Waals surface area contributed by atoms with Crippen molar-refractivity contribution in [3.8, 4) is 0 Å². The van der Waals surface area contributed by atoms with Crippen LogP contribution in [0, 0.1) is 6.92 Å². The predicted octanol–water partition coefficient (Wildman–Crippen LogP) is 2.16. The summed E-state index contributed by atoms with van der Waals surface area (Å²) in [5.41, 5.74) is 2.48. The Morgan fingerprint density at radius 3 is 2.19 bits per heavy atom. The topological polar surface area (TPSA) is 90.5 Å². The quantitative estimate of drug-likeness (QED) is 0.859. The fraction of sp³-hybridized carbons (Fsp3) is 0.368. The van der Waals surface area contributed by atoms with Gasteiger partial charge in [-0.15, -0.1) is 0 Å². The monoisotopic (exact) mass is 368 g/mol. The molecule has 1 saturated heterocycles. The number of carbonyl (C=O) groups is 2. The molecule has 0 spiro atoms. The maximum Gasteiger partial charge on any atom is 0.227 e. The van der Waals surface area contributed by atoms with E-state index in [-0.39, 0.29) is 11.8 Å². The van der Waals surface area contributed by atoms with Crippen LogP contribution in [0.15, 0.2) is 30.3 Å². The summed E-state index contributed by atoms with van der Waals surface area (Å²) in [4.78, 5) is 35.7. The third-order valence-corrected chi connectivity index (χ3v) is 4.33. The van der Waals surface area contributed by atoms with Gasteiger partial charge in [-0.05, 0) is 31.2 Å². The lowest BCUT2D eigenvalue weighted by Gasteiger charge is -2.34. The van der Waals surface area contributed by atoms with Crippen LogP contribution < -0.4 is 15.5 Å². The summed E-state index contributed by atoms with van der Waals surface area (Å²) in [6.45, 7) is 7.80. The van der Waals surface area contributed by atoms with Crippen LogP contribution in [0.4, 0.5) is 23.1 Å². The zero-order valence-electron chi connectivity index (χ0n) is 15.8. The Bertz CT molecular complexity index is 829. The van der Waals surface area contributed by atoms with Crippen molar-refractivity contribution < 1.29 is 9.59 Å². The van der Waals surface area contributed by atoms with Crippen LogP contribution in [0.1, 0.15) is 19.5 Å². The molecule has 0 atom stereocenters. The van der Waals surface area contributed by atoms with Gasteiger partial charge in [-0.2, -0.15) is 4.98 Å². The van der Waals surface area contributed by atoms with E-state index in [2.05, 4.69) is 25.5 Å². The molecule has 27 heavy (non-hydrogen) atoms. The van der Waals surface area contributed by atoms with Gasteiger partial charge >= 0.3 is 0 Å². The molecule has 3 rings (SSSR count). The maximum absolute atomic E-state index is 11.5. The third kappa shape index (κ3) is 4.93. The summed E-state index contributed by atoms with van der Waals surface area (Å²) < 4.78 is 0. The van der Waals surface area contributed by atoms with Gasteiger partial charge in [0.25, 0.3) is 0 Å². The molecule has 1 aromatic heterocycles. The second-order valence-corrected chi connectivity index (χ2v) is 6.57. The third-order valence-electron chi connectivity index (χ3n) is 4.33. The van der Waals surface area contributed by atoms with Crippen LogP contribution in [0.5, 0.6) is 0 Å². The first-order valence-electron chi connectivity index (χ1n) is 8.91. The highest BCUT2D eigenvalue weighted by Crippen LogP contribution is 2.21. The van der Waals surface area contributed by atoms with Gasteiger partial charge in [0.1, 0.15) is 5.82 Å². The van der Waals surface area contributed by atoms with Crippen LogP contribution in [-0.2, 0) is 9.59 Å². The van der Waals surface area contributed by atoms with Gasteiger partial charge in [-0.3, -0.25) is 9.59 Å². The van der Waals surface area contributed by atoms with Gasteiger partial charge < -0.3 is 20.4 Å². The second kappa shape index (κ2) is 8.03. The Kier molecular flexibility index (Phi) is 5.54. The molecule has 8 nitrogen and oxygen atoms in total. The van der Waals surface area contributed by atoms with Crippen LogP contribution in [0.25, 0.3) is 0 Å². The van der Waals surface area contributed by atoms with Crippen molar-refractivity contribution in [2.45, 2.75) is 20.8 Å². The molecule has 2 heterocycles. The van der Waals surface area contributed by atoms with Crippen molar-refractivity contribution in [1.82, 2.24) is 14.9 Å². The number of hydrogen-bond acceptors (Lipinski definition) is 6. The molecular weight excluding hydrogens is 344 g/mol. The van der Waals surface area contributed by atoms with Gasteiger partial charge in [0.2, 0.25) is 17.8 Å². The zero-order chi connectivity index (χ0) is 19.4. The van der Waals surface area contributed by atoms with Gasteiger partial charge in [0.15, 0.2) is 0 Å². The number of anilines is 4. The van der Waals surface area contributed by atoms with E-state index < -0.39 is 0 Å². The van der Waals surface area contributed by atoms with E-state index in [4.69, 9.17) is 0 Å². The molecule has 0 unspecified atom stereocenters. The Hall–Kier alpha value is -3.16. The lowest BCUT2D eigenvalue weighted by molar-refractivity contribution is -0.129. The molecular formula is C19H24N6O2. The highest BCUT2D eigenvalue weighted by Gasteiger charge is 2.21. The predicted molar refractivity (Wildman–Crippen MR) is 105 cm³/mol. The first-order valence-corrected chi connectivity index (χ1v) is 8.91. The molecule has 1 aromatic carbocycles. The Balaban J connectivity index is 1.70. The fourth-order valence-corrected chi connectivity index (χ4v) is 2.97. The summed E-state index contributed by atoms with van der Waals surface area (Å²) in [5.74, 6) is 1.37. The van der Waals surface area contributed by atoms with E-state index >= 15 is 0 Å². The van der Waals surface area contributed by atoms with E-state index in [1.165, 1.54) is 6.92 Å². The Morgan fingerprint density at radius 2 is 1.59 bits per heavy atom. The summed E-state index contributed by atoms with van der Waals surface area (Å²) in [6.07, 6.45) is 0. The van der Waals surface area contributed by atoms with E-state index in [9.17, 15) is 9.59 Å². The first kappa shape index (κ1) is 18.6. The average molecular weight is 368 g/mol. The SMILES string of the molecule is CC(=O)Nc1ccc(Nc2cc(C)nc(N3CCN(C(C)=O)CC3)n2)cc1. The number of benzene rings is 1. The second-order valence-electron chi connectivity index (χ2n) is 6.57. The molecule has 0 saturated carbocycles. The van der Waals surface area contributed by atoms with Crippen molar-refractivity contribution in [3.63, 3.8) is 0 Å². The molecule has 0 bridgehead atoms. The molecule has 142 valence electrons. The molecule has 2 aromatic rings. The number of amides is 2. The van der Waals surface area contributed by atoms with Crippen LogP contribution in [0.2, 0.25) is 0 Å². The first-order chi connectivity index (χ1) is 12.9. The smallest absolute Gasteiger partial charge is 0.227 e. The molecule has 0 aliphatic carbocycles. The fourth-order valence-electron chi connectivity index (χ4n) is 2.97. The van der Waals surface area contributed by atoms with Gasteiger partial charge in [0, 0.05) is 63.2 Å². The van der Waals surface area contributed by atoms with Crippen LogP contribution in [-0.4, -0.2) is 52.9 Å². The zero-order valence-corrected chi connectivity index (χ0v) is 15.8. The maximum atomic E-state index is 11.5. The molecule has 1 fully saturated rings. The van der Waals surface area contributed by atoms with Crippen molar-refractivity contribution >= 4 is 35.0 Å². The molecule has 1 aliphatic rings. The lowest BCUT2D eigenvalue weighted by atomic mass is 10.2. The minimum absolute atomic E-state index is 0.100. The Labute approximate surface area is 158 Å². The number of nitrogens with one attached hydrogen (secondary N) is 2. The van der Waals surface area contributed by atoms with Crippen molar-refractivity contribution in [2.24, 2.45) is 0 Å². The van der Waals surface area contributed by atoms with Crippen molar-refractivity contribution in [2.75, 3.05) is 41.7 Å². The van der Waals surface area contributed by atoms with Gasteiger partial charge in [0.05, 0.1) is 0 Å². The minimum atomic E-state index is -0.100. The largest absolute Gasteiger partial charge is 0.340 e. The van der Waals surface area contributed by atoms with Crippen LogP contribution in [0.3, 0.4) is 0 Å². The average Bonchev–Trinajstić information content (AvgIpc) is 2.62. The van der Waals surface area contributed by atoms with E-state index in [0.717, 1.165) is 17.1 Å². The molecule has 2 amide bonds. The number of nitrogens with zero attached hydrogens (tertiary/aromatic N) is 4. The number of rotatable bonds is 4. The van der Waals surface area contributed by atoms with E-state index in [1.807, 2.05) is 42.2 Å². The molecule has 8 heteroatoms. The van der Waals surface area contributed by atoms with Crippen molar-refractivity contribution in [3.05, 3.63) is 36.0 Å². The van der Waals surface area contributed by atoms with Crippen LogP contribution >= 0.6 is 0 Å². The summed E-state index contributed by atoms with van der Waals surface area (Å²) in [5, 5.41) is 6.02. The summed E-state index contributed by atoms with van der Waals surface area (Å²) in [7, 11) is 0. The van der Waals surface area contributed by atoms with E-state index in [0.29, 0.717) is 37.9 Å². The minimum Gasteiger partial charge on any atom is -0.340 e. The Morgan fingerprint density at radius 1 is 0.963 bits per heavy atom. The lowest BCUT2D eigenvalue weighted by Crippen LogP contribution is -2.48. The summed E-state index contributed by atoms with van der Waals surface area (Å²) in [6, 6.07) is 9.32.